The predicted octanol–water partition coefficient (Wildman–Crippen LogP) is 3.34. The van der Waals surface area contributed by atoms with Gasteiger partial charge in [-0.1, -0.05) is 30.1 Å². The largest absolute Gasteiger partial charge is 0.494 e. The Kier molecular flexibility index (Phi) is 4.50. The maximum absolute atomic E-state index is 5.51. The van der Waals surface area contributed by atoms with Crippen LogP contribution in [-0.4, -0.2) is 23.3 Å². The highest BCUT2D eigenvalue weighted by atomic mass is 16.5. The molecule has 1 fully saturated rings. The van der Waals surface area contributed by atoms with E-state index in [9.17, 15) is 0 Å². The molecule has 0 spiro atoms. The molecule has 3 rings (SSSR count). The zero-order valence-electron chi connectivity index (χ0n) is 12.3. The number of nitrogens with zero attached hydrogens (tertiary/aromatic N) is 2. The van der Waals surface area contributed by atoms with E-state index < -0.39 is 0 Å². The van der Waals surface area contributed by atoms with Crippen molar-refractivity contribution in [1.82, 2.24) is 15.5 Å². The molecule has 1 saturated heterocycles. The number of aromatic nitrogens is 2. The second-order valence-electron chi connectivity index (χ2n) is 5.27. The van der Waals surface area contributed by atoms with E-state index >= 15 is 0 Å². The normalized spacial score (nSPS) is 19.2. The molecule has 1 aromatic heterocycles. The average molecular weight is 287 g/mol. The quantitative estimate of drug-likeness (QED) is 0.934. The van der Waals surface area contributed by atoms with Crippen molar-refractivity contribution in [1.29, 1.82) is 0 Å². The molecule has 1 atom stereocenters. The third-order valence-corrected chi connectivity index (χ3v) is 3.70. The first-order valence-corrected chi connectivity index (χ1v) is 7.67. The van der Waals surface area contributed by atoms with Crippen LogP contribution in [0.25, 0.3) is 11.4 Å². The van der Waals surface area contributed by atoms with Crippen molar-refractivity contribution < 1.29 is 9.26 Å². The lowest BCUT2D eigenvalue weighted by Crippen LogP contribution is -2.20. The molecular formula is C16H21N3O2. The van der Waals surface area contributed by atoms with Gasteiger partial charge >= 0.3 is 0 Å². The summed E-state index contributed by atoms with van der Waals surface area (Å²) >= 11 is 0. The molecule has 5 heteroatoms. The molecule has 0 amide bonds. The Balaban J connectivity index is 1.79. The number of benzene rings is 1. The maximum Gasteiger partial charge on any atom is 0.244 e. The van der Waals surface area contributed by atoms with E-state index in [1.54, 1.807) is 0 Å². The first-order valence-electron chi connectivity index (χ1n) is 7.67. The number of hydrogen-bond acceptors (Lipinski definition) is 5. The second-order valence-corrected chi connectivity index (χ2v) is 5.27. The van der Waals surface area contributed by atoms with Gasteiger partial charge in [0, 0.05) is 5.56 Å². The summed E-state index contributed by atoms with van der Waals surface area (Å²) in [5.41, 5.74) is 0.921. The van der Waals surface area contributed by atoms with Crippen molar-refractivity contribution in [2.24, 2.45) is 0 Å². The van der Waals surface area contributed by atoms with E-state index in [1.807, 2.05) is 31.2 Å². The van der Waals surface area contributed by atoms with E-state index in [1.165, 1.54) is 19.3 Å². The molecule has 0 radical (unpaired) electrons. The van der Waals surface area contributed by atoms with Crippen LogP contribution in [0.2, 0.25) is 0 Å². The first kappa shape index (κ1) is 14.1. The lowest BCUT2D eigenvalue weighted by atomic mass is 10.1. The number of hydrogen-bond donors (Lipinski definition) is 1. The molecule has 5 nitrogen and oxygen atoms in total. The van der Waals surface area contributed by atoms with Crippen LogP contribution < -0.4 is 10.1 Å². The Morgan fingerprint density at radius 2 is 2.29 bits per heavy atom. The molecular weight excluding hydrogens is 266 g/mol. The molecule has 112 valence electrons. The van der Waals surface area contributed by atoms with Crippen molar-refractivity contribution in [2.75, 3.05) is 13.2 Å². The van der Waals surface area contributed by atoms with Gasteiger partial charge in [-0.2, -0.15) is 4.98 Å². The monoisotopic (exact) mass is 287 g/mol. The van der Waals surface area contributed by atoms with E-state index in [4.69, 9.17) is 9.26 Å². The number of rotatable bonds is 4. The number of ether oxygens (including phenoxy) is 1. The third-order valence-electron chi connectivity index (χ3n) is 3.70. The SMILES string of the molecule is CCOc1cccc(-c2noc(C3CCCCCN3)n2)c1. The van der Waals surface area contributed by atoms with E-state index in [-0.39, 0.29) is 6.04 Å². The van der Waals surface area contributed by atoms with Gasteiger partial charge in [0.2, 0.25) is 11.7 Å². The Morgan fingerprint density at radius 3 is 3.19 bits per heavy atom. The van der Waals surface area contributed by atoms with E-state index in [0.717, 1.165) is 24.3 Å². The van der Waals surface area contributed by atoms with Crippen LogP contribution in [0.1, 0.15) is 44.5 Å². The van der Waals surface area contributed by atoms with Crippen molar-refractivity contribution >= 4 is 0 Å². The average Bonchev–Trinajstić information content (AvgIpc) is 2.84. The molecule has 1 aliphatic heterocycles. The smallest absolute Gasteiger partial charge is 0.244 e. The van der Waals surface area contributed by atoms with E-state index in [0.29, 0.717) is 18.3 Å². The highest BCUT2D eigenvalue weighted by Crippen LogP contribution is 2.25. The molecule has 0 bridgehead atoms. The Hall–Kier alpha value is -1.88. The predicted molar refractivity (Wildman–Crippen MR) is 80.1 cm³/mol. The Morgan fingerprint density at radius 1 is 1.33 bits per heavy atom. The molecule has 2 heterocycles. The fourth-order valence-corrected chi connectivity index (χ4v) is 2.63. The van der Waals surface area contributed by atoms with Crippen LogP contribution in [0.3, 0.4) is 0 Å². The van der Waals surface area contributed by atoms with Crippen LogP contribution in [-0.2, 0) is 0 Å². The van der Waals surface area contributed by atoms with Crippen LogP contribution in [0.15, 0.2) is 28.8 Å². The van der Waals surface area contributed by atoms with Gasteiger partial charge in [0.05, 0.1) is 12.6 Å². The van der Waals surface area contributed by atoms with Crippen molar-refractivity contribution in [3.8, 4) is 17.1 Å². The van der Waals surface area contributed by atoms with Crippen molar-refractivity contribution in [2.45, 2.75) is 38.6 Å². The van der Waals surface area contributed by atoms with Crippen molar-refractivity contribution in [3.05, 3.63) is 30.2 Å². The summed E-state index contributed by atoms with van der Waals surface area (Å²) < 4.78 is 11.0. The molecule has 2 aromatic rings. The molecule has 0 aliphatic carbocycles. The van der Waals surface area contributed by atoms with Crippen LogP contribution in [0, 0.1) is 0 Å². The Bertz CT molecular complexity index is 574. The highest BCUT2D eigenvalue weighted by molar-refractivity contribution is 5.56. The molecule has 21 heavy (non-hydrogen) atoms. The minimum Gasteiger partial charge on any atom is -0.494 e. The van der Waals surface area contributed by atoms with E-state index in [2.05, 4.69) is 15.5 Å². The zero-order chi connectivity index (χ0) is 14.5. The molecule has 1 N–H and O–H groups in total. The van der Waals surface area contributed by atoms with Gasteiger partial charge in [-0.15, -0.1) is 0 Å². The fraction of sp³-hybridized carbons (Fsp3) is 0.500. The summed E-state index contributed by atoms with van der Waals surface area (Å²) in [6.45, 7) is 3.63. The zero-order valence-corrected chi connectivity index (χ0v) is 12.3. The third kappa shape index (κ3) is 3.42. The summed E-state index contributed by atoms with van der Waals surface area (Å²) in [6, 6.07) is 7.97. The van der Waals surface area contributed by atoms with Gasteiger partial charge in [0.15, 0.2) is 0 Å². The van der Waals surface area contributed by atoms with Gasteiger partial charge in [0.1, 0.15) is 5.75 Å². The number of nitrogens with one attached hydrogen (secondary N) is 1. The summed E-state index contributed by atoms with van der Waals surface area (Å²) in [6.07, 6.45) is 4.74. The standard InChI is InChI=1S/C16H21N3O2/c1-2-20-13-8-6-7-12(11-13)15-18-16(21-19-15)14-9-4-3-5-10-17-14/h6-8,11,14,17H,2-5,9-10H2,1H3. The van der Waals surface area contributed by atoms with Crippen LogP contribution in [0.4, 0.5) is 0 Å². The summed E-state index contributed by atoms with van der Waals surface area (Å²) in [5, 5.41) is 7.59. The lowest BCUT2D eigenvalue weighted by Gasteiger charge is -2.09. The van der Waals surface area contributed by atoms with Gasteiger partial charge in [-0.05, 0) is 38.4 Å². The minimum atomic E-state index is 0.184. The van der Waals surface area contributed by atoms with Crippen LogP contribution >= 0.6 is 0 Å². The Labute approximate surface area is 124 Å². The molecule has 1 aliphatic rings. The van der Waals surface area contributed by atoms with Gasteiger partial charge < -0.3 is 14.6 Å². The second kappa shape index (κ2) is 6.72. The van der Waals surface area contributed by atoms with Gasteiger partial charge in [0.25, 0.3) is 0 Å². The van der Waals surface area contributed by atoms with Gasteiger partial charge in [-0.3, -0.25) is 0 Å². The lowest BCUT2D eigenvalue weighted by molar-refractivity contribution is 0.327. The maximum atomic E-state index is 5.51. The molecule has 1 unspecified atom stereocenters. The molecule has 1 aromatic carbocycles. The van der Waals surface area contributed by atoms with Crippen molar-refractivity contribution in [3.63, 3.8) is 0 Å². The first-order chi connectivity index (χ1) is 10.4. The molecule has 0 saturated carbocycles. The summed E-state index contributed by atoms with van der Waals surface area (Å²) in [4.78, 5) is 4.55. The minimum absolute atomic E-state index is 0.184. The fourth-order valence-electron chi connectivity index (χ4n) is 2.63. The highest BCUT2D eigenvalue weighted by Gasteiger charge is 2.20. The summed E-state index contributed by atoms with van der Waals surface area (Å²) in [7, 11) is 0. The topological polar surface area (TPSA) is 60.2 Å². The van der Waals surface area contributed by atoms with Crippen LogP contribution in [0.5, 0.6) is 5.75 Å². The summed E-state index contributed by atoms with van der Waals surface area (Å²) in [5.74, 6) is 2.14. The van der Waals surface area contributed by atoms with Gasteiger partial charge in [-0.25, -0.2) is 0 Å².